The van der Waals surface area contributed by atoms with Crippen LogP contribution in [-0.4, -0.2) is 18.1 Å². The summed E-state index contributed by atoms with van der Waals surface area (Å²) in [6.45, 7) is 5.60. The Bertz CT molecular complexity index is 435. The Kier molecular flexibility index (Phi) is 5.32. The smallest absolute Gasteiger partial charge is 0.258 e. The summed E-state index contributed by atoms with van der Waals surface area (Å²) in [5.74, 6) is 0.200. The molecule has 18 heavy (non-hydrogen) atoms. The summed E-state index contributed by atoms with van der Waals surface area (Å²) in [4.78, 5) is 11.6. The fourth-order valence-corrected chi connectivity index (χ4v) is 2.63. The molecule has 0 aliphatic heterocycles. The van der Waals surface area contributed by atoms with E-state index in [2.05, 4.69) is 21.2 Å². The van der Waals surface area contributed by atoms with Gasteiger partial charge in [0.15, 0.2) is 12.4 Å². The molecule has 3 nitrogen and oxygen atoms in total. The molecule has 0 aliphatic rings. The Hall–Kier alpha value is -0.450. The molecule has 0 spiro atoms. The Balaban J connectivity index is 2.67. The first-order valence-electron chi connectivity index (χ1n) is 5.27. The van der Waals surface area contributed by atoms with Gasteiger partial charge in [0, 0.05) is 10.6 Å². The van der Waals surface area contributed by atoms with E-state index in [1.165, 1.54) is 0 Å². The third kappa shape index (κ3) is 5.04. The van der Waals surface area contributed by atoms with Crippen molar-refractivity contribution in [2.45, 2.75) is 26.3 Å². The molecule has 0 saturated heterocycles. The van der Waals surface area contributed by atoms with Gasteiger partial charge in [-0.05, 0) is 48.8 Å². The van der Waals surface area contributed by atoms with Gasteiger partial charge < -0.3 is 10.1 Å². The molecule has 0 bridgehead atoms. The lowest BCUT2D eigenvalue weighted by molar-refractivity contribution is -0.124. The van der Waals surface area contributed by atoms with Crippen molar-refractivity contribution in [3.8, 4) is 5.75 Å². The van der Waals surface area contributed by atoms with Gasteiger partial charge in [0.1, 0.15) is 0 Å². The molecule has 1 N–H and O–H groups in total. The summed E-state index contributed by atoms with van der Waals surface area (Å²) in [7, 11) is 0. The number of carbonyl (C=O) groups excluding carboxylic acids is 1. The van der Waals surface area contributed by atoms with Gasteiger partial charge in [-0.3, -0.25) is 4.79 Å². The number of rotatable bonds is 3. The zero-order chi connectivity index (χ0) is 13.9. The lowest BCUT2D eigenvalue weighted by Gasteiger charge is -2.20. The van der Waals surface area contributed by atoms with Crippen LogP contribution in [0.15, 0.2) is 16.6 Å². The highest BCUT2D eigenvalue weighted by molar-refractivity contribution is 9.10. The van der Waals surface area contributed by atoms with Crippen LogP contribution in [0.1, 0.15) is 20.8 Å². The van der Waals surface area contributed by atoms with Crippen LogP contribution in [0.4, 0.5) is 0 Å². The van der Waals surface area contributed by atoms with Crippen LogP contribution in [0.25, 0.3) is 0 Å². The molecule has 0 heterocycles. The highest BCUT2D eigenvalue weighted by atomic mass is 79.9. The van der Waals surface area contributed by atoms with Gasteiger partial charge in [-0.2, -0.15) is 0 Å². The third-order valence-corrected chi connectivity index (χ3v) is 2.91. The van der Waals surface area contributed by atoms with Gasteiger partial charge in [-0.25, -0.2) is 0 Å². The molecule has 0 saturated carbocycles. The molecular formula is C12H14BrCl2NO2. The number of benzene rings is 1. The second-order valence-corrected chi connectivity index (χ2v) is 6.48. The molecular weight excluding hydrogens is 341 g/mol. The molecule has 1 aromatic carbocycles. The van der Waals surface area contributed by atoms with Gasteiger partial charge in [-0.1, -0.05) is 23.2 Å². The maximum atomic E-state index is 11.6. The monoisotopic (exact) mass is 353 g/mol. The van der Waals surface area contributed by atoms with Crippen LogP contribution in [0, 0.1) is 0 Å². The first-order valence-corrected chi connectivity index (χ1v) is 6.82. The summed E-state index contributed by atoms with van der Waals surface area (Å²) < 4.78 is 6.00. The van der Waals surface area contributed by atoms with E-state index in [4.69, 9.17) is 27.9 Å². The summed E-state index contributed by atoms with van der Waals surface area (Å²) in [6, 6.07) is 3.22. The first kappa shape index (κ1) is 15.6. The fraction of sp³-hybridized carbons (Fsp3) is 0.417. The molecule has 0 aliphatic carbocycles. The SMILES string of the molecule is CC(C)(C)NC(=O)COc1c(Cl)cc(Cl)cc1Br. The van der Waals surface area contributed by atoms with Crippen molar-refractivity contribution in [2.24, 2.45) is 0 Å². The third-order valence-electron chi connectivity index (χ3n) is 1.83. The molecule has 1 aromatic rings. The van der Waals surface area contributed by atoms with Crippen LogP contribution < -0.4 is 10.1 Å². The molecule has 0 fully saturated rings. The van der Waals surface area contributed by atoms with Gasteiger partial charge in [0.25, 0.3) is 5.91 Å². The van der Waals surface area contributed by atoms with Crippen molar-refractivity contribution in [1.82, 2.24) is 5.32 Å². The van der Waals surface area contributed by atoms with E-state index < -0.39 is 0 Å². The van der Waals surface area contributed by atoms with E-state index in [1.807, 2.05) is 20.8 Å². The molecule has 100 valence electrons. The zero-order valence-corrected chi connectivity index (χ0v) is 13.4. The lowest BCUT2D eigenvalue weighted by atomic mass is 10.1. The van der Waals surface area contributed by atoms with Gasteiger partial charge >= 0.3 is 0 Å². The Morgan fingerprint density at radius 1 is 1.39 bits per heavy atom. The number of amides is 1. The molecule has 0 atom stereocenters. The van der Waals surface area contributed by atoms with Crippen molar-refractivity contribution < 1.29 is 9.53 Å². The minimum absolute atomic E-state index is 0.1000. The summed E-state index contributed by atoms with van der Waals surface area (Å²) in [5, 5.41) is 3.65. The lowest BCUT2D eigenvalue weighted by Crippen LogP contribution is -2.43. The van der Waals surface area contributed by atoms with Crippen molar-refractivity contribution in [3.63, 3.8) is 0 Å². The molecule has 0 radical (unpaired) electrons. The van der Waals surface area contributed by atoms with Gasteiger partial charge in [0.05, 0.1) is 9.50 Å². The van der Waals surface area contributed by atoms with E-state index in [9.17, 15) is 4.79 Å². The van der Waals surface area contributed by atoms with Crippen LogP contribution in [0.5, 0.6) is 5.75 Å². The second kappa shape index (κ2) is 6.13. The maximum Gasteiger partial charge on any atom is 0.258 e. The number of carbonyl (C=O) groups is 1. The average Bonchev–Trinajstić information content (AvgIpc) is 2.12. The predicted octanol–water partition coefficient (Wildman–Crippen LogP) is 4.05. The topological polar surface area (TPSA) is 38.3 Å². The number of halogens is 3. The highest BCUT2D eigenvalue weighted by Gasteiger charge is 2.15. The minimum Gasteiger partial charge on any atom is -0.481 e. The Morgan fingerprint density at radius 2 is 2.00 bits per heavy atom. The van der Waals surface area contributed by atoms with Crippen molar-refractivity contribution in [1.29, 1.82) is 0 Å². The zero-order valence-electron chi connectivity index (χ0n) is 10.3. The summed E-state index contributed by atoms with van der Waals surface area (Å²) in [5.41, 5.74) is -0.290. The largest absolute Gasteiger partial charge is 0.481 e. The highest BCUT2D eigenvalue weighted by Crippen LogP contribution is 2.35. The minimum atomic E-state index is -0.290. The number of nitrogens with one attached hydrogen (secondary N) is 1. The molecule has 1 amide bonds. The maximum absolute atomic E-state index is 11.6. The average molecular weight is 355 g/mol. The fourth-order valence-electron chi connectivity index (χ4n) is 1.26. The van der Waals surface area contributed by atoms with Crippen molar-refractivity contribution >= 4 is 45.0 Å². The Morgan fingerprint density at radius 3 is 2.50 bits per heavy atom. The Labute approximate surface area is 125 Å². The van der Waals surface area contributed by atoms with E-state index in [0.29, 0.717) is 20.3 Å². The second-order valence-electron chi connectivity index (χ2n) is 4.79. The van der Waals surface area contributed by atoms with E-state index in [0.717, 1.165) is 0 Å². The quantitative estimate of drug-likeness (QED) is 0.889. The van der Waals surface area contributed by atoms with Crippen LogP contribution >= 0.6 is 39.1 Å². The van der Waals surface area contributed by atoms with Crippen molar-refractivity contribution in [2.75, 3.05) is 6.61 Å². The molecule has 0 unspecified atom stereocenters. The van der Waals surface area contributed by atoms with E-state index >= 15 is 0 Å². The van der Waals surface area contributed by atoms with Crippen LogP contribution in [-0.2, 0) is 4.79 Å². The van der Waals surface area contributed by atoms with Crippen LogP contribution in [0.2, 0.25) is 10.0 Å². The summed E-state index contributed by atoms with van der Waals surface area (Å²) in [6.07, 6.45) is 0. The first-order chi connectivity index (χ1) is 8.19. The number of hydrogen-bond donors (Lipinski definition) is 1. The molecule has 1 rings (SSSR count). The number of hydrogen-bond acceptors (Lipinski definition) is 2. The van der Waals surface area contributed by atoms with Crippen molar-refractivity contribution in [3.05, 3.63) is 26.7 Å². The normalized spacial score (nSPS) is 11.2. The predicted molar refractivity (Wildman–Crippen MR) is 77.6 cm³/mol. The number of ether oxygens (including phenoxy) is 1. The standard InChI is InChI=1S/C12H14BrCl2NO2/c1-12(2,3)16-10(17)6-18-11-8(13)4-7(14)5-9(11)15/h4-5H,6H2,1-3H3,(H,16,17). The molecule has 0 aromatic heterocycles. The molecule has 6 heteroatoms. The van der Waals surface area contributed by atoms with Gasteiger partial charge in [0.2, 0.25) is 0 Å². The van der Waals surface area contributed by atoms with E-state index in [-0.39, 0.29) is 18.1 Å². The van der Waals surface area contributed by atoms with Crippen LogP contribution in [0.3, 0.4) is 0 Å². The van der Waals surface area contributed by atoms with Gasteiger partial charge in [-0.15, -0.1) is 0 Å². The van der Waals surface area contributed by atoms with E-state index in [1.54, 1.807) is 12.1 Å². The summed E-state index contributed by atoms with van der Waals surface area (Å²) >= 11 is 15.1.